The first-order valence-electron chi connectivity index (χ1n) is 3.56. The van der Waals surface area contributed by atoms with E-state index in [1.807, 2.05) is 6.07 Å². The van der Waals surface area contributed by atoms with Gasteiger partial charge in [-0.2, -0.15) is 0 Å². The van der Waals surface area contributed by atoms with Gasteiger partial charge in [-0.25, -0.2) is 4.79 Å². The minimum atomic E-state index is -0.889. The fourth-order valence-corrected chi connectivity index (χ4v) is 0.692. The Morgan fingerprint density at radius 2 is 1.57 bits per heavy atom. The van der Waals surface area contributed by atoms with E-state index in [4.69, 9.17) is 4.79 Å². The molecule has 1 rings (SSSR count). The van der Waals surface area contributed by atoms with Gasteiger partial charge in [0.05, 0.1) is 12.7 Å². The maximum absolute atomic E-state index is 10.8. The smallest absolute Gasteiger partial charge is 0.337 e. The summed E-state index contributed by atoms with van der Waals surface area (Å²) in [6.45, 7) is 0. The van der Waals surface area contributed by atoms with Crippen LogP contribution in [0.4, 0.5) is 4.79 Å². The molecule has 3 nitrogen and oxygen atoms in total. The Morgan fingerprint density at radius 3 is 1.93 bits per heavy atom. The van der Waals surface area contributed by atoms with E-state index in [-0.39, 0.29) is 5.97 Å². The number of hydrogen-bond acceptors (Lipinski definition) is 3. The van der Waals surface area contributed by atoms with Crippen molar-refractivity contribution < 1.29 is 14.3 Å². The molecule has 0 saturated carbocycles. The topological polar surface area (TPSA) is 43.4 Å². The Hall–Kier alpha value is -1.06. The van der Waals surface area contributed by atoms with Crippen molar-refractivity contribution in [1.29, 1.82) is 0 Å². The third-order valence-electron chi connectivity index (χ3n) is 1.19. The molecule has 0 amide bonds. The molecule has 0 N–H and O–H groups in total. The van der Waals surface area contributed by atoms with Crippen molar-refractivity contribution in [3.05, 3.63) is 35.9 Å². The van der Waals surface area contributed by atoms with Gasteiger partial charge in [0.2, 0.25) is 0 Å². The average molecular weight is 235 g/mol. The van der Waals surface area contributed by atoms with Gasteiger partial charge in [0, 0.05) is 0 Å². The number of rotatable bonds is 1. The molecule has 76 valence electrons. The SMILES string of the molecule is COC(=O)c1ccccc1.O=C(Cl)Cl. The molecule has 0 saturated heterocycles. The molecule has 0 fully saturated rings. The van der Waals surface area contributed by atoms with Gasteiger partial charge in [-0.15, -0.1) is 0 Å². The van der Waals surface area contributed by atoms with Crippen molar-refractivity contribution >= 4 is 33.9 Å². The van der Waals surface area contributed by atoms with Gasteiger partial charge in [0.25, 0.3) is 0 Å². The van der Waals surface area contributed by atoms with Crippen molar-refractivity contribution in [2.45, 2.75) is 0 Å². The predicted molar refractivity (Wildman–Crippen MR) is 54.9 cm³/mol. The van der Waals surface area contributed by atoms with Crippen LogP contribution in [-0.2, 0) is 4.74 Å². The van der Waals surface area contributed by atoms with Crippen LogP contribution in [0.3, 0.4) is 0 Å². The largest absolute Gasteiger partial charge is 0.465 e. The zero-order chi connectivity index (χ0) is 11.0. The van der Waals surface area contributed by atoms with Crippen molar-refractivity contribution in [2.75, 3.05) is 7.11 Å². The molecule has 0 aliphatic rings. The van der Waals surface area contributed by atoms with Gasteiger partial charge >= 0.3 is 10.7 Å². The number of esters is 1. The van der Waals surface area contributed by atoms with Crippen LogP contribution in [0, 0.1) is 0 Å². The zero-order valence-corrected chi connectivity index (χ0v) is 8.88. The van der Waals surface area contributed by atoms with Gasteiger partial charge < -0.3 is 4.74 Å². The molecule has 1 aromatic rings. The highest BCUT2D eigenvalue weighted by molar-refractivity contribution is 6.93. The summed E-state index contributed by atoms with van der Waals surface area (Å²) >= 11 is 8.80. The molecular weight excluding hydrogens is 227 g/mol. The minimum absolute atomic E-state index is 0.291. The van der Waals surface area contributed by atoms with Crippen molar-refractivity contribution in [3.63, 3.8) is 0 Å². The lowest BCUT2D eigenvalue weighted by Crippen LogP contribution is -1.99. The molecule has 0 bridgehead atoms. The lowest BCUT2D eigenvalue weighted by molar-refractivity contribution is 0.0600. The molecule has 0 heterocycles. The number of halogens is 2. The third-order valence-corrected chi connectivity index (χ3v) is 1.19. The average Bonchev–Trinajstić information content (AvgIpc) is 2.17. The second-order valence-corrected chi connectivity index (χ2v) is 2.96. The highest BCUT2D eigenvalue weighted by atomic mass is 35.5. The first-order valence-corrected chi connectivity index (χ1v) is 4.32. The summed E-state index contributed by atoms with van der Waals surface area (Å²) in [5.41, 5.74) is 0.588. The second kappa shape index (κ2) is 7.35. The van der Waals surface area contributed by atoms with E-state index in [1.54, 1.807) is 24.3 Å². The van der Waals surface area contributed by atoms with Crippen molar-refractivity contribution in [2.24, 2.45) is 0 Å². The van der Waals surface area contributed by atoms with E-state index in [0.717, 1.165) is 0 Å². The number of carbonyl (C=O) groups is 2. The summed E-state index contributed by atoms with van der Waals surface area (Å²) in [4.78, 5) is 19.8. The maximum atomic E-state index is 10.8. The maximum Gasteiger partial charge on any atom is 0.337 e. The highest BCUT2D eigenvalue weighted by Crippen LogP contribution is 1.98. The molecule has 0 radical (unpaired) electrons. The summed E-state index contributed by atoms with van der Waals surface area (Å²) in [5, 5.41) is 0. The molecule has 0 unspecified atom stereocenters. The van der Waals surface area contributed by atoms with Gasteiger partial charge in [-0.1, -0.05) is 18.2 Å². The molecule has 0 aliphatic heterocycles. The third kappa shape index (κ3) is 6.46. The van der Waals surface area contributed by atoms with Crippen molar-refractivity contribution in [3.8, 4) is 0 Å². The van der Waals surface area contributed by atoms with Crippen LogP contribution in [0.15, 0.2) is 30.3 Å². The van der Waals surface area contributed by atoms with E-state index >= 15 is 0 Å². The molecule has 0 spiro atoms. The Balaban J connectivity index is 0.000000364. The van der Waals surface area contributed by atoms with Crippen LogP contribution in [0.1, 0.15) is 10.4 Å². The second-order valence-electron chi connectivity index (χ2n) is 2.08. The van der Waals surface area contributed by atoms with Crippen LogP contribution in [0.5, 0.6) is 0 Å². The first kappa shape index (κ1) is 12.9. The number of methoxy groups -OCH3 is 1. The van der Waals surface area contributed by atoms with Crippen LogP contribution in [-0.4, -0.2) is 17.8 Å². The Labute approximate surface area is 91.6 Å². The number of ether oxygens (including phenoxy) is 1. The molecular formula is C9H8Cl2O3. The summed E-state index contributed by atoms with van der Waals surface area (Å²) in [7, 11) is 1.37. The lowest BCUT2D eigenvalue weighted by Gasteiger charge is -1.95. The predicted octanol–water partition coefficient (Wildman–Crippen LogP) is 3.06. The standard InChI is InChI=1S/C8H8O2.CCl2O/c1-10-8(9)7-5-3-2-4-6-7;2-1(3)4/h2-6H,1H3;. The van der Waals surface area contributed by atoms with E-state index in [9.17, 15) is 4.79 Å². The molecule has 0 aromatic heterocycles. The molecule has 14 heavy (non-hydrogen) atoms. The zero-order valence-electron chi connectivity index (χ0n) is 7.37. The number of carbonyl (C=O) groups excluding carboxylic acids is 2. The molecule has 0 aliphatic carbocycles. The Kier molecular flexibility index (Phi) is 6.80. The fourth-order valence-electron chi connectivity index (χ4n) is 0.692. The van der Waals surface area contributed by atoms with E-state index < -0.39 is 4.70 Å². The van der Waals surface area contributed by atoms with E-state index in [0.29, 0.717) is 5.56 Å². The van der Waals surface area contributed by atoms with E-state index in [2.05, 4.69) is 27.9 Å². The Bertz CT molecular complexity index is 294. The van der Waals surface area contributed by atoms with Crippen LogP contribution < -0.4 is 0 Å². The fraction of sp³-hybridized carbons (Fsp3) is 0.111. The monoisotopic (exact) mass is 234 g/mol. The van der Waals surface area contributed by atoms with Gasteiger partial charge in [-0.3, -0.25) is 4.79 Å². The van der Waals surface area contributed by atoms with Crippen LogP contribution in [0.2, 0.25) is 0 Å². The molecule has 1 aromatic carbocycles. The summed E-state index contributed by atoms with van der Waals surface area (Å²) in [6, 6.07) is 8.88. The van der Waals surface area contributed by atoms with E-state index in [1.165, 1.54) is 7.11 Å². The first-order chi connectivity index (χ1) is 6.57. The Morgan fingerprint density at radius 1 is 1.14 bits per heavy atom. The lowest BCUT2D eigenvalue weighted by atomic mass is 10.2. The number of hydrogen-bond donors (Lipinski definition) is 0. The highest BCUT2D eigenvalue weighted by Gasteiger charge is 2.00. The minimum Gasteiger partial charge on any atom is -0.465 e. The van der Waals surface area contributed by atoms with Crippen molar-refractivity contribution in [1.82, 2.24) is 0 Å². The summed E-state index contributed by atoms with van der Waals surface area (Å²) < 4.78 is 3.61. The molecule has 5 heteroatoms. The quantitative estimate of drug-likeness (QED) is 0.555. The summed E-state index contributed by atoms with van der Waals surface area (Å²) in [5.74, 6) is -0.291. The van der Waals surface area contributed by atoms with Gasteiger partial charge in [0.1, 0.15) is 0 Å². The normalized spacial score (nSPS) is 8.21. The van der Waals surface area contributed by atoms with Crippen LogP contribution >= 0.6 is 23.2 Å². The number of benzene rings is 1. The van der Waals surface area contributed by atoms with Crippen LogP contribution in [0.25, 0.3) is 0 Å². The summed E-state index contributed by atoms with van der Waals surface area (Å²) in [6.07, 6.45) is 0. The van der Waals surface area contributed by atoms with Gasteiger partial charge in [0.15, 0.2) is 0 Å². The van der Waals surface area contributed by atoms with Gasteiger partial charge in [-0.05, 0) is 35.3 Å². The molecule has 0 atom stereocenters.